The van der Waals surface area contributed by atoms with Crippen molar-refractivity contribution >= 4 is 15.7 Å². The lowest BCUT2D eigenvalue weighted by Crippen LogP contribution is -2.35. The van der Waals surface area contributed by atoms with E-state index in [-0.39, 0.29) is 0 Å². The van der Waals surface area contributed by atoms with Crippen LogP contribution in [0.15, 0.2) is 83.8 Å². The molecule has 3 aromatic carbocycles. The first-order chi connectivity index (χ1) is 13.5. The van der Waals surface area contributed by atoms with Crippen molar-refractivity contribution in [3.63, 3.8) is 0 Å². The van der Waals surface area contributed by atoms with Gasteiger partial charge < -0.3 is 5.73 Å². The van der Waals surface area contributed by atoms with E-state index < -0.39 is 10.0 Å². The van der Waals surface area contributed by atoms with Gasteiger partial charge in [-0.15, -0.1) is 0 Å². The number of nitrogen functional groups attached to an aromatic ring is 1. The summed E-state index contributed by atoms with van der Waals surface area (Å²) in [6, 6.07) is 24.6. The van der Waals surface area contributed by atoms with E-state index in [1.165, 1.54) is 0 Å². The van der Waals surface area contributed by atoms with Crippen molar-refractivity contribution in [2.24, 2.45) is 0 Å². The van der Waals surface area contributed by atoms with Gasteiger partial charge in [-0.05, 0) is 49.1 Å². The van der Waals surface area contributed by atoms with Gasteiger partial charge in [0.05, 0.1) is 4.90 Å². The minimum absolute atomic E-state index is 0.326. The number of anilines is 1. The molecule has 28 heavy (non-hydrogen) atoms. The highest BCUT2D eigenvalue weighted by Gasteiger charge is 2.24. The molecule has 0 fully saturated rings. The molecule has 3 rings (SSSR count). The lowest BCUT2D eigenvalue weighted by Gasteiger charge is -2.23. The molecule has 0 heterocycles. The third-order valence-electron chi connectivity index (χ3n) is 4.84. The Morgan fingerprint density at radius 2 is 1.39 bits per heavy atom. The average Bonchev–Trinajstić information content (AvgIpc) is 2.70. The van der Waals surface area contributed by atoms with Crippen LogP contribution in [0.5, 0.6) is 0 Å². The van der Waals surface area contributed by atoms with E-state index in [0.29, 0.717) is 36.5 Å². The molecule has 3 aromatic rings. The van der Waals surface area contributed by atoms with Gasteiger partial charge in [0.2, 0.25) is 10.0 Å². The lowest BCUT2D eigenvalue weighted by molar-refractivity contribution is 0.417. The van der Waals surface area contributed by atoms with Gasteiger partial charge in [-0.3, -0.25) is 0 Å². The zero-order valence-corrected chi connectivity index (χ0v) is 16.9. The summed E-state index contributed by atoms with van der Waals surface area (Å²) in [6.07, 6.45) is 1.24. The van der Waals surface area contributed by atoms with Crippen LogP contribution >= 0.6 is 0 Å². The standard InChI is InChI=1S/C23H26N2O2S/c1-19-11-13-22(14-12-19)28(26,27)25(17-15-20-7-3-2-4-8-20)18-16-21-9-5-6-10-23(21)24/h2-14H,15-18,24H2,1H3. The smallest absolute Gasteiger partial charge is 0.243 e. The van der Waals surface area contributed by atoms with E-state index in [9.17, 15) is 8.42 Å². The molecule has 5 heteroatoms. The average molecular weight is 395 g/mol. The third-order valence-corrected chi connectivity index (χ3v) is 6.75. The van der Waals surface area contributed by atoms with Crippen LogP contribution in [-0.4, -0.2) is 25.8 Å². The summed E-state index contributed by atoms with van der Waals surface area (Å²) in [7, 11) is -3.58. The molecule has 146 valence electrons. The molecule has 0 amide bonds. The molecular weight excluding hydrogens is 368 g/mol. The number of rotatable bonds is 8. The van der Waals surface area contributed by atoms with Gasteiger partial charge in [0, 0.05) is 18.8 Å². The Kier molecular flexibility index (Phi) is 6.49. The number of hydrogen-bond acceptors (Lipinski definition) is 3. The summed E-state index contributed by atoms with van der Waals surface area (Å²) >= 11 is 0. The summed E-state index contributed by atoms with van der Waals surface area (Å²) in [4.78, 5) is 0.326. The Morgan fingerprint density at radius 3 is 2.07 bits per heavy atom. The molecule has 0 saturated carbocycles. The van der Waals surface area contributed by atoms with Crippen LogP contribution in [0, 0.1) is 6.92 Å². The molecule has 0 spiro atoms. The van der Waals surface area contributed by atoms with E-state index in [2.05, 4.69) is 0 Å². The van der Waals surface area contributed by atoms with Crippen molar-refractivity contribution in [1.29, 1.82) is 0 Å². The van der Waals surface area contributed by atoms with Crippen LogP contribution in [0.25, 0.3) is 0 Å². The van der Waals surface area contributed by atoms with Gasteiger partial charge in [-0.2, -0.15) is 4.31 Å². The summed E-state index contributed by atoms with van der Waals surface area (Å²) in [6.45, 7) is 2.76. The zero-order valence-electron chi connectivity index (χ0n) is 16.1. The van der Waals surface area contributed by atoms with Gasteiger partial charge >= 0.3 is 0 Å². The number of sulfonamides is 1. The highest BCUT2D eigenvalue weighted by molar-refractivity contribution is 7.89. The molecule has 0 aliphatic rings. The van der Waals surface area contributed by atoms with Gasteiger partial charge in [0.25, 0.3) is 0 Å². The Bertz CT molecular complexity index is 1000. The van der Waals surface area contributed by atoms with Crippen LogP contribution in [0.4, 0.5) is 5.69 Å². The van der Waals surface area contributed by atoms with Crippen molar-refractivity contribution in [1.82, 2.24) is 4.31 Å². The first-order valence-corrected chi connectivity index (χ1v) is 10.8. The van der Waals surface area contributed by atoms with E-state index in [1.54, 1.807) is 16.4 Å². The van der Waals surface area contributed by atoms with Crippen LogP contribution in [0.1, 0.15) is 16.7 Å². The molecule has 0 saturated heterocycles. The van der Waals surface area contributed by atoms with Gasteiger partial charge in [0.15, 0.2) is 0 Å². The fourth-order valence-corrected chi connectivity index (χ4v) is 4.56. The Balaban J connectivity index is 1.82. The van der Waals surface area contributed by atoms with Crippen LogP contribution in [0.3, 0.4) is 0 Å². The molecule has 0 aromatic heterocycles. The van der Waals surface area contributed by atoms with E-state index >= 15 is 0 Å². The molecule has 2 N–H and O–H groups in total. The van der Waals surface area contributed by atoms with Crippen molar-refractivity contribution in [2.45, 2.75) is 24.7 Å². The van der Waals surface area contributed by atoms with E-state index in [0.717, 1.165) is 16.7 Å². The number of aryl methyl sites for hydroxylation is 1. The highest BCUT2D eigenvalue weighted by atomic mass is 32.2. The summed E-state index contributed by atoms with van der Waals surface area (Å²) < 4.78 is 28.1. The molecule has 4 nitrogen and oxygen atoms in total. The summed E-state index contributed by atoms with van der Waals surface area (Å²) in [5.41, 5.74) is 9.85. The topological polar surface area (TPSA) is 63.4 Å². The van der Waals surface area contributed by atoms with Gasteiger partial charge in [-0.1, -0.05) is 66.2 Å². The second-order valence-electron chi connectivity index (χ2n) is 6.90. The number of para-hydroxylation sites is 1. The maximum absolute atomic E-state index is 13.3. The second kappa shape index (κ2) is 9.04. The number of nitrogens with two attached hydrogens (primary N) is 1. The maximum atomic E-state index is 13.3. The lowest BCUT2D eigenvalue weighted by atomic mass is 10.1. The van der Waals surface area contributed by atoms with Crippen molar-refractivity contribution in [3.05, 3.63) is 95.6 Å². The van der Waals surface area contributed by atoms with E-state index in [4.69, 9.17) is 5.73 Å². The highest BCUT2D eigenvalue weighted by Crippen LogP contribution is 2.19. The van der Waals surface area contributed by atoms with Crippen molar-refractivity contribution in [3.8, 4) is 0 Å². The van der Waals surface area contributed by atoms with Crippen LogP contribution in [-0.2, 0) is 22.9 Å². The van der Waals surface area contributed by atoms with Crippen molar-refractivity contribution < 1.29 is 8.42 Å². The molecule has 0 aliphatic heterocycles. The first-order valence-electron chi connectivity index (χ1n) is 9.41. The van der Waals surface area contributed by atoms with Crippen LogP contribution < -0.4 is 5.73 Å². The quantitative estimate of drug-likeness (QED) is 0.586. The fourth-order valence-electron chi connectivity index (χ4n) is 3.12. The monoisotopic (exact) mass is 394 g/mol. The molecule has 0 atom stereocenters. The number of nitrogens with zero attached hydrogens (tertiary/aromatic N) is 1. The SMILES string of the molecule is Cc1ccc(S(=O)(=O)N(CCc2ccccc2)CCc2ccccc2N)cc1. The minimum Gasteiger partial charge on any atom is -0.399 e. The Morgan fingerprint density at radius 1 is 0.786 bits per heavy atom. The molecule has 0 unspecified atom stereocenters. The van der Waals surface area contributed by atoms with Crippen LogP contribution in [0.2, 0.25) is 0 Å². The predicted molar refractivity (Wildman–Crippen MR) is 115 cm³/mol. The van der Waals surface area contributed by atoms with Gasteiger partial charge in [0.1, 0.15) is 0 Å². The molecule has 0 bridgehead atoms. The summed E-state index contributed by atoms with van der Waals surface area (Å²) in [5.74, 6) is 0. The first kappa shape index (κ1) is 20.1. The fraction of sp³-hybridized carbons (Fsp3) is 0.217. The molecular formula is C23H26N2O2S. The second-order valence-corrected chi connectivity index (χ2v) is 8.84. The minimum atomic E-state index is -3.58. The molecule has 0 radical (unpaired) electrons. The zero-order chi connectivity index (χ0) is 20.0. The van der Waals surface area contributed by atoms with E-state index in [1.807, 2.05) is 73.7 Å². The maximum Gasteiger partial charge on any atom is 0.243 e. The largest absolute Gasteiger partial charge is 0.399 e. The number of benzene rings is 3. The molecule has 0 aliphatic carbocycles. The third kappa shape index (κ3) is 5.00. The predicted octanol–water partition coefficient (Wildman–Crippen LogP) is 4.05. The van der Waals surface area contributed by atoms with Gasteiger partial charge in [-0.25, -0.2) is 8.42 Å². The Hall–Kier alpha value is -2.63. The summed E-state index contributed by atoms with van der Waals surface area (Å²) in [5, 5.41) is 0. The number of hydrogen-bond donors (Lipinski definition) is 1. The Labute approximate surface area is 167 Å². The normalized spacial score (nSPS) is 11.6. The van der Waals surface area contributed by atoms with Crippen molar-refractivity contribution in [2.75, 3.05) is 18.8 Å².